The summed E-state index contributed by atoms with van der Waals surface area (Å²) in [6.45, 7) is 2.91. The largest absolute Gasteiger partial charge is 0.352 e. The maximum atomic E-state index is 11.9. The highest BCUT2D eigenvalue weighted by molar-refractivity contribution is 7.12. The second-order valence-electron chi connectivity index (χ2n) is 5.38. The fourth-order valence-electron chi connectivity index (χ4n) is 1.97. The second kappa shape index (κ2) is 8.45. The fourth-order valence-corrected chi connectivity index (χ4v) is 2.61. The van der Waals surface area contributed by atoms with E-state index in [0.717, 1.165) is 12.0 Å². The summed E-state index contributed by atoms with van der Waals surface area (Å²) in [7, 11) is 0. The van der Waals surface area contributed by atoms with Crippen molar-refractivity contribution in [1.29, 1.82) is 0 Å². The Kier molecular flexibility index (Phi) is 6.31. The third-order valence-corrected chi connectivity index (χ3v) is 4.17. The van der Waals surface area contributed by atoms with Gasteiger partial charge in [-0.1, -0.05) is 18.2 Å². The number of nitrogens with one attached hydrogen (secondary N) is 2. The highest BCUT2D eigenvalue weighted by atomic mass is 32.1. The first-order valence-electron chi connectivity index (χ1n) is 7.50. The van der Waals surface area contributed by atoms with Crippen molar-refractivity contribution in [2.75, 3.05) is 6.54 Å². The summed E-state index contributed by atoms with van der Waals surface area (Å²) >= 11 is 1.41. The van der Waals surface area contributed by atoms with Gasteiger partial charge in [0.25, 0.3) is 11.8 Å². The third-order valence-electron chi connectivity index (χ3n) is 3.30. The number of thiophene rings is 1. The molecule has 0 aliphatic rings. The quantitative estimate of drug-likeness (QED) is 0.727. The molecule has 23 heavy (non-hydrogen) atoms. The van der Waals surface area contributed by atoms with E-state index in [1.807, 2.05) is 30.5 Å². The molecular weight excluding hydrogens is 310 g/mol. The normalized spacial score (nSPS) is 11.7. The number of carbonyl (C=O) groups excluding carboxylic acids is 2. The molecule has 1 aromatic heterocycles. The van der Waals surface area contributed by atoms with E-state index in [0.29, 0.717) is 23.5 Å². The molecule has 0 fully saturated rings. The van der Waals surface area contributed by atoms with Crippen LogP contribution in [-0.2, 0) is 6.54 Å². The molecule has 0 aliphatic heterocycles. The number of hydrogen-bond donors (Lipinski definition) is 3. The number of benzene rings is 1. The zero-order valence-corrected chi connectivity index (χ0v) is 13.9. The van der Waals surface area contributed by atoms with Crippen LogP contribution in [0.2, 0.25) is 0 Å². The van der Waals surface area contributed by atoms with Gasteiger partial charge < -0.3 is 16.4 Å². The highest BCUT2D eigenvalue weighted by Crippen LogP contribution is 2.09. The summed E-state index contributed by atoms with van der Waals surface area (Å²) < 4.78 is 0. The summed E-state index contributed by atoms with van der Waals surface area (Å²) in [6, 6.07) is 10.9. The Balaban J connectivity index is 1.82. The molecule has 2 aromatic rings. The standard InChI is InChI=1S/C17H21N3O2S/c1-12(18)8-9-19-16(21)14-6-4-13(5-7-14)11-20-17(22)15-3-2-10-23-15/h2-7,10,12H,8-9,11,18H2,1H3,(H,19,21)(H,20,22). The van der Waals surface area contributed by atoms with E-state index in [4.69, 9.17) is 5.73 Å². The smallest absolute Gasteiger partial charge is 0.261 e. The first-order chi connectivity index (χ1) is 11.1. The van der Waals surface area contributed by atoms with Gasteiger partial charge in [0.15, 0.2) is 0 Å². The lowest BCUT2D eigenvalue weighted by atomic mass is 10.1. The van der Waals surface area contributed by atoms with Crippen LogP contribution in [0.3, 0.4) is 0 Å². The summed E-state index contributed by atoms with van der Waals surface area (Å²) in [5, 5.41) is 7.55. The maximum absolute atomic E-state index is 11.9. The topological polar surface area (TPSA) is 84.2 Å². The van der Waals surface area contributed by atoms with Crippen molar-refractivity contribution in [3.63, 3.8) is 0 Å². The van der Waals surface area contributed by atoms with Gasteiger partial charge in [-0.2, -0.15) is 0 Å². The van der Waals surface area contributed by atoms with E-state index in [1.54, 1.807) is 18.2 Å². The van der Waals surface area contributed by atoms with Gasteiger partial charge in [0, 0.05) is 24.7 Å². The minimum Gasteiger partial charge on any atom is -0.352 e. The Morgan fingerprint density at radius 3 is 2.48 bits per heavy atom. The van der Waals surface area contributed by atoms with E-state index in [9.17, 15) is 9.59 Å². The van der Waals surface area contributed by atoms with Crippen LogP contribution in [0.4, 0.5) is 0 Å². The lowest BCUT2D eigenvalue weighted by Crippen LogP contribution is -2.29. The Morgan fingerprint density at radius 2 is 1.87 bits per heavy atom. The highest BCUT2D eigenvalue weighted by Gasteiger charge is 2.07. The Morgan fingerprint density at radius 1 is 1.13 bits per heavy atom. The number of nitrogens with two attached hydrogens (primary N) is 1. The summed E-state index contributed by atoms with van der Waals surface area (Å²) in [4.78, 5) is 24.5. The minimum absolute atomic E-state index is 0.0737. The molecule has 2 amide bonds. The van der Waals surface area contributed by atoms with Crippen molar-refractivity contribution in [1.82, 2.24) is 10.6 Å². The Hall–Kier alpha value is -2.18. The molecule has 122 valence electrons. The van der Waals surface area contributed by atoms with Crippen LogP contribution in [0, 0.1) is 0 Å². The van der Waals surface area contributed by atoms with E-state index >= 15 is 0 Å². The second-order valence-corrected chi connectivity index (χ2v) is 6.33. The van der Waals surface area contributed by atoms with Crippen molar-refractivity contribution >= 4 is 23.2 Å². The molecule has 0 aliphatic carbocycles. The molecule has 1 atom stereocenters. The first kappa shape index (κ1) is 17.2. The Labute approximate surface area is 139 Å². The van der Waals surface area contributed by atoms with Gasteiger partial charge in [0.2, 0.25) is 0 Å². The van der Waals surface area contributed by atoms with Crippen molar-refractivity contribution < 1.29 is 9.59 Å². The Bertz CT molecular complexity index is 636. The predicted octanol–water partition coefficient (Wildman–Crippen LogP) is 2.15. The van der Waals surface area contributed by atoms with Crippen LogP contribution in [0.25, 0.3) is 0 Å². The van der Waals surface area contributed by atoms with Gasteiger partial charge in [-0.05, 0) is 42.5 Å². The summed E-state index contributed by atoms with van der Waals surface area (Å²) in [6.07, 6.45) is 0.749. The zero-order valence-electron chi connectivity index (χ0n) is 13.0. The van der Waals surface area contributed by atoms with Crippen LogP contribution in [0.5, 0.6) is 0 Å². The molecule has 0 saturated carbocycles. The molecule has 6 heteroatoms. The molecule has 1 heterocycles. The van der Waals surface area contributed by atoms with Gasteiger partial charge in [-0.15, -0.1) is 11.3 Å². The van der Waals surface area contributed by atoms with Crippen molar-refractivity contribution in [2.45, 2.75) is 25.9 Å². The molecule has 2 rings (SSSR count). The van der Waals surface area contributed by atoms with Crippen LogP contribution >= 0.6 is 11.3 Å². The van der Waals surface area contributed by atoms with Gasteiger partial charge in [0.05, 0.1) is 4.88 Å². The number of amides is 2. The summed E-state index contributed by atoms with van der Waals surface area (Å²) in [5.74, 6) is -0.197. The fraction of sp³-hybridized carbons (Fsp3) is 0.294. The third kappa shape index (κ3) is 5.50. The molecule has 1 aromatic carbocycles. The van der Waals surface area contributed by atoms with Crippen LogP contribution in [0.15, 0.2) is 41.8 Å². The predicted molar refractivity (Wildman–Crippen MR) is 92.5 cm³/mol. The van der Waals surface area contributed by atoms with Gasteiger partial charge in [-0.25, -0.2) is 0 Å². The van der Waals surface area contributed by atoms with Crippen LogP contribution < -0.4 is 16.4 Å². The monoisotopic (exact) mass is 331 g/mol. The van der Waals surface area contributed by atoms with E-state index in [2.05, 4.69) is 10.6 Å². The number of carbonyl (C=O) groups is 2. The number of hydrogen-bond acceptors (Lipinski definition) is 4. The molecule has 0 saturated heterocycles. The lowest BCUT2D eigenvalue weighted by molar-refractivity contribution is 0.0944. The van der Waals surface area contributed by atoms with Crippen molar-refractivity contribution in [2.24, 2.45) is 5.73 Å². The van der Waals surface area contributed by atoms with Gasteiger partial charge >= 0.3 is 0 Å². The minimum atomic E-state index is -0.111. The van der Waals surface area contributed by atoms with E-state index in [1.165, 1.54) is 11.3 Å². The molecule has 0 spiro atoms. The lowest BCUT2D eigenvalue weighted by Gasteiger charge is -2.08. The molecule has 0 radical (unpaired) electrons. The van der Waals surface area contributed by atoms with Gasteiger partial charge in [-0.3, -0.25) is 9.59 Å². The van der Waals surface area contributed by atoms with E-state index in [-0.39, 0.29) is 17.9 Å². The zero-order chi connectivity index (χ0) is 16.7. The van der Waals surface area contributed by atoms with Crippen molar-refractivity contribution in [3.05, 3.63) is 57.8 Å². The van der Waals surface area contributed by atoms with Crippen molar-refractivity contribution in [3.8, 4) is 0 Å². The van der Waals surface area contributed by atoms with Gasteiger partial charge in [0.1, 0.15) is 0 Å². The average molecular weight is 331 g/mol. The SMILES string of the molecule is CC(N)CCNC(=O)c1ccc(CNC(=O)c2cccs2)cc1. The molecule has 4 N–H and O–H groups in total. The molecular formula is C17H21N3O2S. The molecule has 0 bridgehead atoms. The average Bonchev–Trinajstić information content (AvgIpc) is 3.07. The molecule has 5 nitrogen and oxygen atoms in total. The first-order valence-corrected chi connectivity index (χ1v) is 8.38. The van der Waals surface area contributed by atoms with Crippen LogP contribution in [0.1, 0.15) is 38.9 Å². The van der Waals surface area contributed by atoms with E-state index < -0.39 is 0 Å². The summed E-state index contributed by atoms with van der Waals surface area (Å²) in [5.41, 5.74) is 7.19. The van der Waals surface area contributed by atoms with Crippen LogP contribution in [-0.4, -0.2) is 24.4 Å². The number of rotatable bonds is 7. The maximum Gasteiger partial charge on any atom is 0.261 e. The molecule has 1 unspecified atom stereocenters.